The van der Waals surface area contributed by atoms with E-state index >= 15 is 0 Å². The van der Waals surface area contributed by atoms with E-state index in [0.29, 0.717) is 5.75 Å². The molecule has 2 rings (SSSR count). The first-order valence-corrected chi connectivity index (χ1v) is 7.28. The molecule has 1 heterocycles. The van der Waals surface area contributed by atoms with E-state index in [9.17, 15) is 4.79 Å². The lowest BCUT2D eigenvalue weighted by Gasteiger charge is -2.01. The number of hydrogen-bond donors (Lipinski definition) is 2. The molecule has 1 amide bonds. The molecule has 0 bridgehead atoms. The van der Waals surface area contributed by atoms with Gasteiger partial charge < -0.3 is 10.3 Å². The third-order valence-corrected chi connectivity index (χ3v) is 3.44. The number of carbonyl (C=O) groups is 1. The summed E-state index contributed by atoms with van der Waals surface area (Å²) in [7, 11) is 0. The quantitative estimate of drug-likeness (QED) is 0.797. The van der Waals surface area contributed by atoms with E-state index in [1.807, 2.05) is 37.3 Å². The van der Waals surface area contributed by atoms with Crippen molar-refractivity contribution in [1.29, 1.82) is 0 Å². The van der Waals surface area contributed by atoms with Gasteiger partial charge in [0.15, 0.2) is 5.16 Å². The van der Waals surface area contributed by atoms with Crippen molar-refractivity contribution in [2.45, 2.75) is 18.5 Å². The van der Waals surface area contributed by atoms with Gasteiger partial charge in [-0.2, -0.15) is 0 Å². The zero-order chi connectivity index (χ0) is 13.5. The Morgan fingerprint density at radius 3 is 2.89 bits per heavy atom. The van der Waals surface area contributed by atoms with Gasteiger partial charge in [0, 0.05) is 6.54 Å². The predicted molar refractivity (Wildman–Crippen MR) is 78.0 cm³/mol. The van der Waals surface area contributed by atoms with Crippen molar-refractivity contribution in [2.75, 3.05) is 12.3 Å². The molecule has 0 unspecified atom stereocenters. The summed E-state index contributed by atoms with van der Waals surface area (Å²) in [5.74, 6) is 0.436. The molecule has 1 aromatic heterocycles. The largest absolute Gasteiger partial charge is 0.355 e. The van der Waals surface area contributed by atoms with Crippen LogP contribution in [0, 0.1) is 0 Å². The zero-order valence-electron chi connectivity index (χ0n) is 10.8. The number of rotatable bonds is 6. The molecule has 5 heteroatoms. The molecule has 1 aromatic carbocycles. The van der Waals surface area contributed by atoms with Gasteiger partial charge >= 0.3 is 0 Å². The molecule has 0 spiro atoms. The number of hydrogen-bond acceptors (Lipinski definition) is 3. The van der Waals surface area contributed by atoms with Crippen LogP contribution in [0.2, 0.25) is 0 Å². The van der Waals surface area contributed by atoms with Crippen LogP contribution in [0.15, 0.2) is 41.7 Å². The van der Waals surface area contributed by atoms with Crippen LogP contribution < -0.4 is 5.32 Å². The van der Waals surface area contributed by atoms with Gasteiger partial charge in [-0.15, -0.1) is 0 Å². The molecule has 0 saturated heterocycles. The molecule has 2 aromatic rings. The average molecular weight is 275 g/mol. The monoisotopic (exact) mass is 275 g/mol. The van der Waals surface area contributed by atoms with Gasteiger partial charge in [0.05, 0.1) is 17.6 Å². The summed E-state index contributed by atoms with van der Waals surface area (Å²) in [6, 6.07) is 10.0. The number of nitrogens with one attached hydrogen (secondary N) is 2. The van der Waals surface area contributed by atoms with Crippen molar-refractivity contribution in [1.82, 2.24) is 15.3 Å². The maximum Gasteiger partial charge on any atom is 0.230 e. The maximum absolute atomic E-state index is 11.5. The Morgan fingerprint density at radius 2 is 2.16 bits per heavy atom. The molecular weight excluding hydrogens is 258 g/mol. The van der Waals surface area contributed by atoms with Crippen molar-refractivity contribution in [3.05, 3.63) is 36.5 Å². The van der Waals surface area contributed by atoms with Crippen molar-refractivity contribution in [3.63, 3.8) is 0 Å². The maximum atomic E-state index is 11.5. The van der Waals surface area contributed by atoms with E-state index in [1.165, 1.54) is 11.8 Å². The molecule has 2 N–H and O–H groups in total. The number of benzene rings is 1. The second-order valence-electron chi connectivity index (χ2n) is 4.11. The van der Waals surface area contributed by atoms with Crippen LogP contribution in [-0.4, -0.2) is 28.2 Å². The number of imidazole rings is 1. The van der Waals surface area contributed by atoms with Crippen molar-refractivity contribution >= 4 is 17.7 Å². The van der Waals surface area contributed by atoms with Gasteiger partial charge in [-0.3, -0.25) is 4.79 Å². The summed E-state index contributed by atoms with van der Waals surface area (Å²) in [6.45, 7) is 2.76. The fraction of sp³-hybridized carbons (Fsp3) is 0.286. The van der Waals surface area contributed by atoms with E-state index in [4.69, 9.17) is 0 Å². The molecule has 0 atom stereocenters. The van der Waals surface area contributed by atoms with Crippen LogP contribution in [-0.2, 0) is 4.79 Å². The summed E-state index contributed by atoms with van der Waals surface area (Å²) in [5, 5.41) is 3.61. The minimum Gasteiger partial charge on any atom is -0.355 e. The number of thioether (sulfide) groups is 1. The molecule has 0 aliphatic heterocycles. The van der Waals surface area contributed by atoms with Gasteiger partial charge in [-0.25, -0.2) is 4.98 Å². The van der Waals surface area contributed by atoms with Crippen molar-refractivity contribution < 1.29 is 4.79 Å². The highest BCUT2D eigenvalue weighted by atomic mass is 32.2. The molecule has 0 fully saturated rings. The minimum absolute atomic E-state index is 0.0458. The third-order valence-electron chi connectivity index (χ3n) is 2.55. The molecular formula is C14H17N3OS. The van der Waals surface area contributed by atoms with Crippen LogP contribution in [0.4, 0.5) is 0 Å². The molecule has 100 valence electrons. The smallest absolute Gasteiger partial charge is 0.230 e. The predicted octanol–water partition coefficient (Wildman–Crippen LogP) is 2.70. The molecule has 0 radical (unpaired) electrons. The average Bonchev–Trinajstić information content (AvgIpc) is 2.93. The Kier molecular flexibility index (Phi) is 5.03. The molecule has 0 aliphatic carbocycles. The lowest BCUT2D eigenvalue weighted by Crippen LogP contribution is -2.25. The first-order valence-electron chi connectivity index (χ1n) is 6.29. The van der Waals surface area contributed by atoms with Crippen LogP contribution in [0.1, 0.15) is 13.3 Å². The Labute approximate surface area is 117 Å². The molecule has 4 nitrogen and oxygen atoms in total. The van der Waals surface area contributed by atoms with E-state index in [-0.39, 0.29) is 5.91 Å². The van der Waals surface area contributed by atoms with E-state index < -0.39 is 0 Å². The molecule has 19 heavy (non-hydrogen) atoms. The fourth-order valence-electron chi connectivity index (χ4n) is 1.59. The lowest BCUT2D eigenvalue weighted by molar-refractivity contribution is -0.118. The van der Waals surface area contributed by atoms with Crippen LogP contribution in [0.5, 0.6) is 0 Å². The number of aromatic nitrogens is 2. The van der Waals surface area contributed by atoms with Crippen LogP contribution >= 0.6 is 11.8 Å². The summed E-state index contributed by atoms with van der Waals surface area (Å²) in [6.07, 6.45) is 2.75. The topological polar surface area (TPSA) is 57.8 Å². The SMILES string of the molecule is CCCNC(=O)CSc1ncc(-c2ccccc2)[nH]1. The number of amides is 1. The summed E-state index contributed by atoms with van der Waals surface area (Å²) >= 11 is 1.42. The van der Waals surface area contributed by atoms with E-state index in [1.54, 1.807) is 6.20 Å². The fourth-order valence-corrected chi connectivity index (χ4v) is 2.27. The Balaban J connectivity index is 1.90. The van der Waals surface area contributed by atoms with Crippen molar-refractivity contribution in [2.24, 2.45) is 0 Å². The van der Waals surface area contributed by atoms with Gasteiger partial charge in [-0.05, 0) is 12.0 Å². The lowest BCUT2D eigenvalue weighted by atomic mass is 10.2. The first-order chi connectivity index (χ1) is 9.29. The highest BCUT2D eigenvalue weighted by Gasteiger charge is 2.06. The Morgan fingerprint density at radius 1 is 1.37 bits per heavy atom. The second-order valence-corrected chi connectivity index (χ2v) is 5.07. The number of aromatic amines is 1. The van der Waals surface area contributed by atoms with Gasteiger partial charge in [0.2, 0.25) is 5.91 Å². The third kappa shape index (κ3) is 4.13. The van der Waals surface area contributed by atoms with Crippen LogP contribution in [0.3, 0.4) is 0 Å². The van der Waals surface area contributed by atoms with Crippen molar-refractivity contribution in [3.8, 4) is 11.3 Å². The summed E-state index contributed by atoms with van der Waals surface area (Å²) < 4.78 is 0. The summed E-state index contributed by atoms with van der Waals surface area (Å²) in [4.78, 5) is 19.0. The molecule has 0 aliphatic rings. The molecule has 0 saturated carbocycles. The minimum atomic E-state index is 0.0458. The van der Waals surface area contributed by atoms with Gasteiger partial charge in [-0.1, -0.05) is 49.0 Å². The Bertz CT molecular complexity index is 524. The highest BCUT2D eigenvalue weighted by Crippen LogP contribution is 2.20. The standard InChI is InChI=1S/C14H17N3OS/c1-2-8-15-13(18)10-19-14-16-9-12(17-14)11-6-4-3-5-7-11/h3-7,9H,2,8,10H2,1H3,(H,15,18)(H,16,17). The van der Waals surface area contributed by atoms with Crippen LogP contribution in [0.25, 0.3) is 11.3 Å². The number of carbonyl (C=O) groups excluding carboxylic acids is 1. The second kappa shape index (κ2) is 6.99. The zero-order valence-corrected chi connectivity index (χ0v) is 11.7. The van der Waals surface area contributed by atoms with Gasteiger partial charge in [0.1, 0.15) is 0 Å². The normalized spacial score (nSPS) is 10.4. The summed E-state index contributed by atoms with van der Waals surface area (Å²) in [5.41, 5.74) is 2.06. The van der Waals surface area contributed by atoms with E-state index in [0.717, 1.165) is 29.4 Å². The Hall–Kier alpha value is -1.75. The van der Waals surface area contributed by atoms with E-state index in [2.05, 4.69) is 15.3 Å². The number of H-pyrrole nitrogens is 1. The first kappa shape index (κ1) is 13.7. The number of nitrogens with zero attached hydrogens (tertiary/aromatic N) is 1. The van der Waals surface area contributed by atoms with Gasteiger partial charge in [0.25, 0.3) is 0 Å². The highest BCUT2D eigenvalue weighted by molar-refractivity contribution is 7.99.